The second-order valence-corrected chi connectivity index (χ2v) is 3.09. The molecule has 1 aromatic carbocycles. The van der Waals surface area contributed by atoms with Gasteiger partial charge in [-0.3, -0.25) is 4.79 Å². The molecule has 0 unspecified atom stereocenters. The highest BCUT2D eigenvalue weighted by molar-refractivity contribution is 7.98. The molecule has 2 nitrogen and oxygen atoms in total. The van der Waals surface area contributed by atoms with Crippen molar-refractivity contribution in [2.45, 2.75) is 11.8 Å². The van der Waals surface area contributed by atoms with Crippen molar-refractivity contribution in [2.24, 2.45) is 0 Å². The Morgan fingerprint density at radius 2 is 1.77 bits per heavy atom. The number of benzene rings is 1. The summed E-state index contributed by atoms with van der Waals surface area (Å²) >= 11 is 1.77. The van der Waals surface area contributed by atoms with Crippen LogP contribution in [0.5, 0.6) is 0 Å². The van der Waals surface area contributed by atoms with Crippen molar-refractivity contribution in [1.82, 2.24) is 0 Å². The molecule has 0 radical (unpaired) electrons. The molecule has 0 amide bonds. The van der Waals surface area contributed by atoms with Gasteiger partial charge >= 0.3 is 5.97 Å². The zero-order chi connectivity index (χ0) is 10.1. The smallest absolute Gasteiger partial charge is 0.302 e. The molecular formula is C10H14O2S. The van der Waals surface area contributed by atoms with Gasteiger partial charge in [0.1, 0.15) is 0 Å². The Morgan fingerprint density at radius 3 is 2.00 bits per heavy atom. The van der Waals surface area contributed by atoms with Crippen LogP contribution >= 0.6 is 11.8 Å². The second kappa shape index (κ2) is 7.68. The summed E-state index contributed by atoms with van der Waals surface area (Å²) in [6.45, 7) is 1.36. The van der Waals surface area contributed by atoms with E-state index in [-0.39, 0.29) is 5.97 Å². The Hall–Kier alpha value is -0.960. The van der Waals surface area contributed by atoms with E-state index in [9.17, 15) is 4.79 Å². The highest BCUT2D eigenvalue weighted by Crippen LogP contribution is 2.11. The molecule has 0 aliphatic carbocycles. The highest BCUT2D eigenvalue weighted by Gasteiger charge is 1.80. The number of rotatable bonds is 1. The Bertz CT molecular complexity index is 234. The summed E-state index contributed by atoms with van der Waals surface area (Å²) in [6, 6.07) is 10.3. The standard InChI is InChI=1S/C7H8S.C3H6O2/c1-8-7-5-3-2-4-6-7;1-3(4)5-2/h2-6H,1H3;1-2H3. The molecule has 0 spiro atoms. The molecule has 0 heterocycles. The van der Waals surface area contributed by atoms with E-state index in [1.54, 1.807) is 11.8 Å². The van der Waals surface area contributed by atoms with Gasteiger partial charge in [-0.25, -0.2) is 0 Å². The van der Waals surface area contributed by atoms with Crippen LogP contribution in [0.1, 0.15) is 6.92 Å². The average molecular weight is 198 g/mol. The summed E-state index contributed by atoms with van der Waals surface area (Å²) in [5.74, 6) is -0.245. The molecule has 13 heavy (non-hydrogen) atoms. The third kappa shape index (κ3) is 7.40. The van der Waals surface area contributed by atoms with E-state index >= 15 is 0 Å². The normalized spacial score (nSPS) is 8.23. The van der Waals surface area contributed by atoms with Gasteiger partial charge < -0.3 is 4.74 Å². The predicted molar refractivity (Wildman–Crippen MR) is 55.9 cm³/mol. The van der Waals surface area contributed by atoms with Crippen LogP contribution in [0.15, 0.2) is 35.2 Å². The molecule has 1 aromatic rings. The van der Waals surface area contributed by atoms with Crippen LogP contribution in [-0.2, 0) is 9.53 Å². The van der Waals surface area contributed by atoms with E-state index in [0.717, 1.165) is 0 Å². The molecule has 0 N–H and O–H groups in total. The molecule has 0 saturated heterocycles. The first-order valence-electron chi connectivity index (χ1n) is 3.84. The van der Waals surface area contributed by atoms with Crippen molar-refractivity contribution in [1.29, 1.82) is 0 Å². The van der Waals surface area contributed by atoms with Crippen molar-refractivity contribution in [3.63, 3.8) is 0 Å². The third-order valence-electron chi connectivity index (χ3n) is 1.27. The van der Waals surface area contributed by atoms with Gasteiger partial charge in [-0.2, -0.15) is 0 Å². The van der Waals surface area contributed by atoms with Crippen molar-refractivity contribution in [2.75, 3.05) is 13.4 Å². The van der Waals surface area contributed by atoms with Crippen LogP contribution in [0.25, 0.3) is 0 Å². The molecule has 1 rings (SSSR count). The summed E-state index contributed by atoms with van der Waals surface area (Å²) < 4.78 is 4.11. The average Bonchev–Trinajstić information content (AvgIpc) is 2.20. The van der Waals surface area contributed by atoms with Crippen LogP contribution < -0.4 is 0 Å². The van der Waals surface area contributed by atoms with Gasteiger partial charge in [0.25, 0.3) is 0 Å². The predicted octanol–water partition coefficient (Wildman–Crippen LogP) is 2.59. The zero-order valence-electron chi connectivity index (χ0n) is 8.11. The molecular weight excluding hydrogens is 184 g/mol. The first kappa shape index (κ1) is 12.0. The third-order valence-corrected chi connectivity index (χ3v) is 2.01. The number of esters is 1. The van der Waals surface area contributed by atoms with Crippen LogP contribution in [0.3, 0.4) is 0 Å². The minimum Gasteiger partial charge on any atom is -0.469 e. The fourth-order valence-electron chi connectivity index (χ4n) is 0.557. The molecule has 0 aliphatic heterocycles. The van der Waals surface area contributed by atoms with Crippen molar-refractivity contribution >= 4 is 17.7 Å². The van der Waals surface area contributed by atoms with Crippen LogP contribution in [-0.4, -0.2) is 19.3 Å². The molecule has 0 saturated carbocycles. The van der Waals surface area contributed by atoms with Crippen molar-refractivity contribution in [3.8, 4) is 0 Å². The van der Waals surface area contributed by atoms with Crippen molar-refractivity contribution < 1.29 is 9.53 Å². The molecule has 3 heteroatoms. The number of methoxy groups -OCH3 is 1. The fraction of sp³-hybridized carbons (Fsp3) is 0.300. The second-order valence-electron chi connectivity index (χ2n) is 2.21. The molecule has 0 atom stereocenters. The molecule has 72 valence electrons. The monoisotopic (exact) mass is 198 g/mol. The van der Waals surface area contributed by atoms with Crippen LogP contribution in [0.4, 0.5) is 0 Å². The number of carbonyl (C=O) groups excluding carboxylic acids is 1. The summed E-state index contributed by atoms with van der Waals surface area (Å²) in [5, 5.41) is 0. The van der Waals surface area contributed by atoms with Crippen LogP contribution in [0.2, 0.25) is 0 Å². The summed E-state index contributed by atoms with van der Waals surface area (Å²) in [4.78, 5) is 10.9. The number of thioether (sulfide) groups is 1. The molecule has 0 aliphatic rings. The molecule has 0 fully saturated rings. The maximum absolute atomic E-state index is 9.59. The number of hydrogen-bond donors (Lipinski definition) is 0. The lowest BCUT2D eigenvalue weighted by atomic mass is 10.4. The first-order valence-corrected chi connectivity index (χ1v) is 5.06. The largest absolute Gasteiger partial charge is 0.469 e. The number of carbonyl (C=O) groups is 1. The Morgan fingerprint density at radius 1 is 1.31 bits per heavy atom. The highest BCUT2D eigenvalue weighted by atomic mass is 32.2. The zero-order valence-corrected chi connectivity index (χ0v) is 8.93. The van der Waals surface area contributed by atoms with E-state index in [0.29, 0.717) is 0 Å². The molecule has 0 aromatic heterocycles. The minimum atomic E-state index is -0.245. The summed E-state index contributed by atoms with van der Waals surface area (Å²) in [7, 11) is 1.35. The van der Waals surface area contributed by atoms with Crippen LogP contribution in [0, 0.1) is 0 Å². The Balaban J connectivity index is 0.000000252. The summed E-state index contributed by atoms with van der Waals surface area (Å²) in [6.07, 6.45) is 2.08. The quantitative estimate of drug-likeness (QED) is 0.512. The minimum absolute atomic E-state index is 0.245. The number of hydrogen-bond acceptors (Lipinski definition) is 3. The fourth-order valence-corrected chi connectivity index (χ4v) is 0.986. The lowest BCUT2D eigenvalue weighted by Gasteiger charge is -1.89. The lowest BCUT2D eigenvalue weighted by Crippen LogP contribution is -1.88. The SMILES string of the molecule is COC(C)=O.CSc1ccccc1. The number of ether oxygens (including phenoxy) is 1. The van der Waals surface area contributed by atoms with E-state index < -0.39 is 0 Å². The first-order chi connectivity index (χ1) is 6.20. The van der Waals surface area contributed by atoms with E-state index in [1.807, 2.05) is 18.2 Å². The van der Waals surface area contributed by atoms with Gasteiger partial charge in [0.15, 0.2) is 0 Å². The van der Waals surface area contributed by atoms with Crippen molar-refractivity contribution in [3.05, 3.63) is 30.3 Å². The maximum atomic E-state index is 9.59. The maximum Gasteiger partial charge on any atom is 0.302 e. The van der Waals surface area contributed by atoms with E-state index in [2.05, 4.69) is 23.1 Å². The Kier molecular flexibility index (Phi) is 7.11. The van der Waals surface area contributed by atoms with E-state index in [1.165, 1.54) is 18.9 Å². The van der Waals surface area contributed by atoms with E-state index in [4.69, 9.17) is 0 Å². The van der Waals surface area contributed by atoms with Gasteiger partial charge in [0, 0.05) is 11.8 Å². The lowest BCUT2D eigenvalue weighted by molar-refractivity contribution is -0.137. The molecule has 0 bridgehead atoms. The van der Waals surface area contributed by atoms with Gasteiger partial charge in [0.2, 0.25) is 0 Å². The Labute approximate surface area is 83.3 Å². The topological polar surface area (TPSA) is 26.3 Å². The van der Waals surface area contributed by atoms with Gasteiger partial charge in [-0.15, -0.1) is 11.8 Å². The van der Waals surface area contributed by atoms with Gasteiger partial charge in [-0.1, -0.05) is 18.2 Å². The van der Waals surface area contributed by atoms with Gasteiger partial charge in [0.05, 0.1) is 7.11 Å². The summed E-state index contributed by atoms with van der Waals surface area (Å²) in [5.41, 5.74) is 0. The van der Waals surface area contributed by atoms with Gasteiger partial charge in [-0.05, 0) is 18.4 Å².